The number of nitrogens with one attached hydrogen (secondary N) is 2. The molecule has 1 heterocycles. The zero-order chi connectivity index (χ0) is 13.8. The fraction of sp³-hybridized carbons (Fsp3) is 0.357. The molecular formula is C14H18FN3O. The van der Waals surface area contributed by atoms with Crippen molar-refractivity contribution in [2.45, 2.75) is 25.9 Å². The molecule has 0 aliphatic heterocycles. The lowest BCUT2D eigenvalue weighted by atomic mass is 10.0. The lowest BCUT2D eigenvalue weighted by Gasteiger charge is -2.21. The molecule has 0 saturated heterocycles. The first-order valence-electron chi connectivity index (χ1n) is 6.20. The van der Waals surface area contributed by atoms with Crippen LogP contribution >= 0.6 is 0 Å². The monoisotopic (exact) mass is 263 g/mol. The Morgan fingerprint density at radius 1 is 1.32 bits per heavy atom. The van der Waals surface area contributed by atoms with Crippen LogP contribution in [0.5, 0.6) is 5.75 Å². The van der Waals surface area contributed by atoms with E-state index in [0.717, 1.165) is 5.56 Å². The van der Waals surface area contributed by atoms with Crippen molar-refractivity contribution in [3.63, 3.8) is 0 Å². The van der Waals surface area contributed by atoms with E-state index in [1.807, 2.05) is 20.0 Å². The minimum absolute atomic E-state index is 0.0677. The van der Waals surface area contributed by atoms with E-state index >= 15 is 0 Å². The summed E-state index contributed by atoms with van der Waals surface area (Å²) < 4.78 is 19.2. The van der Waals surface area contributed by atoms with Gasteiger partial charge in [-0.1, -0.05) is 6.07 Å². The van der Waals surface area contributed by atoms with Crippen LogP contribution in [0.15, 0.2) is 30.6 Å². The highest BCUT2D eigenvalue weighted by Gasteiger charge is 2.18. The first-order valence-corrected chi connectivity index (χ1v) is 6.20. The molecule has 0 spiro atoms. The standard InChI is InChI=1S/C14H18FN3O/c1-9(11-7-16-17-8-11)18-10(2)14-12(15)5-4-6-13(14)19-3/h4-10,18H,1-3H3,(H,16,17). The van der Waals surface area contributed by atoms with E-state index < -0.39 is 0 Å². The maximum Gasteiger partial charge on any atom is 0.131 e. The van der Waals surface area contributed by atoms with Gasteiger partial charge in [0.05, 0.1) is 13.3 Å². The molecule has 0 bridgehead atoms. The summed E-state index contributed by atoms with van der Waals surface area (Å²) in [6, 6.07) is 4.75. The van der Waals surface area contributed by atoms with Crippen LogP contribution in [0.4, 0.5) is 4.39 Å². The van der Waals surface area contributed by atoms with Gasteiger partial charge in [0.2, 0.25) is 0 Å². The van der Waals surface area contributed by atoms with Gasteiger partial charge in [-0.05, 0) is 26.0 Å². The van der Waals surface area contributed by atoms with Crippen LogP contribution in [0.25, 0.3) is 0 Å². The molecular weight excluding hydrogens is 245 g/mol. The zero-order valence-electron chi connectivity index (χ0n) is 11.3. The highest BCUT2D eigenvalue weighted by molar-refractivity contribution is 5.37. The number of rotatable bonds is 5. The smallest absolute Gasteiger partial charge is 0.131 e. The topological polar surface area (TPSA) is 49.9 Å². The summed E-state index contributed by atoms with van der Waals surface area (Å²) in [4.78, 5) is 0. The average Bonchev–Trinajstić information content (AvgIpc) is 2.92. The Morgan fingerprint density at radius 2 is 2.11 bits per heavy atom. The van der Waals surface area contributed by atoms with Gasteiger partial charge in [-0.15, -0.1) is 0 Å². The third-order valence-corrected chi connectivity index (χ3v) is 3.19. The van der Waals surface area contributed by atoms with Gasteiger partial charge in [-0.3, -0.25) is 5.10 Å². The predicted molar refractivity (Wildman–Crippen MR) is 71.5 cm³/mol. The number of halogens is 1. The van der Waals surface area contributed by atoms with E-state index in [1.54, 1.807) is 25.4 Å². The minimum Gasteiger partial charge on any atom is -0.496 e. The van der Waals surface area contributed by atoms with Crippen LogP contribution in [0.1, 0.15) is 37.1 Å². The molecule has 2 unspecified atom stereocenters. The Hall–Kier alpha value is -1.88. The molecule has 102 valence electrons. The molecule has 0 aliphatic carbocycles. The lowest BCUT2D eigenvalue weighted by molar-refractivity contribution is 0.387. The van der Waals surface area contributed by atoms with Gasteiger partial charge < -0.3 is 10.1 Å². The Morgan fingerprint density at radius 3 is 2.74 bits per heavy atom. The quantitative estimate of drug-likeness (QED) is 0.872. The molecule has 4 nitrogen and oxygen atoms in total. The maximum atomic E-state index is 13.9. The zero-order valence-corrected chi connectivity index (χ0v) is 11.3. The Balaban J connectivity index is 2.18. The van der Waals surface area contributed by atoms with Crippen molar-refractivity contribution < 1.29 is 9.13 Å². The number of aromatic amines is 1. The summed E-state index contributed by atoms with van der Waals surface area (Å²) in [6.45, 7) is 3.92. The van der Waals surface area contributed by atoms with Crippen LogP contribution in [0, 0.1) is 5.82 Å². The fourth-order valence-corrected chi connectivity index (χ4v) is 2.17. The lowest BCUT2D eigenvalue weighted by Crippen LogP contribution is -2.23. The van der Waals surface area contributed by atoms with E-state index in [0.29, 0.717) is 11.3 Å². The van der Waals surface area contributed by atoms with Crippen molar-refractivity contribution in [3.05, 3.63) is 47.5 Å². The Bertz CT molecular complexity index is 527. The molecule has 0 amide bonds. The molecule has 0 aliphatic rings. The predicted octanol–water partition coefficient (Wildman–Crippen LogP) is 2.97. The third-order valence-electron chi connectivity index (χ3n) is 3.19. The molecule has 0 fully saturated rings. The average molecular weight is 263 g/mol. The normalized spacial score (nSPS) is 14.1. The molecule has 2 rings (SSSR count). The number of benzene rings is 1. The minimum atomic E-state index is -0.265. The number of ether oxygens (including phenoxy) is 1. The van der Waals surface area contributed by atoms with Crippen molar-refractivity contribution in [1.29, 1.82) is 0 Å². The van der Waals surface area contributed by atoms with E-state index in [9.17, 15) is 4.39 Å². The van der Waals surface area contributed by atoms with E-state index in [-0.39, 0.29) is 17.9 Å². The summed E-state index contributed by atoms with van der Waals surface area (Å²) in [5, 5.41) is 10.0. The summed E-state index contributed by atoms with van der Waals surface area (Å²) in [5.41, 5.74) is 1.57. The highest BCUT2D eigenvalue weighted by Crippen LogP contribution is 2.29. The Labute approximate surface area is 112 Å². The first kappa shape index (κ1) is 13.5. The molecule has 2 N–H and O–H groups in total. The largest absolute Gasteiger partial charge is 0.496 e. The summed E-state index contributed by atoms with van der Waals surface area (Å²) in [5.74, 6) is 0.290. The second-order valence-corrected chi connectivity index (χ2v) is 4.50. The van der Waals surface area contributed by atoms with Crippen LogP contribution in [-0.4, -0.2) is 17.3 Å². The van der Waals surface area contributed by atoms with Crippen LogP contribution in [0.3, 0.4) is 0 Å². The second kappa shape index (κ2) is 5.84. The molecule has 19 heavy (non-hydrogen) atoms. The van der Waals surface area contributed by atoms with Crippen molar-refractivity contribution in [2.24, 2.45) is 0 Å². The fourth-order valence-electron chi connectivity index (χ4n) is 2.17. The molecule has 1 aromatic heterocycles. The number of hydrogen-bond acceptors (Lipinski definition) is 3. The van der Waals surface area contributed by atoms with Crippen molar-refractivity contribution in [2.75, 3.05) is 7.11 Å². The van der Waals surface area contributed by atoms with Gasteiger partial charge in [0, 0.05) is 29.4 Å². The van der Waals surface area contributed by atoms with Crippen molar-refractivity contribution in [1.82, 2.24) is 15.5 Å². The van der Waals surface area contributed by atoms with Crippen molar-refractivity contribution >= 4 is 0 Å². The van der Waals surface area contributed by atoms with Gasteiger partial charge in [-0.25, -0.2) is 4.39 Å². The van der Waals surface area contributed by atoms with Gasteiger partial charge in [-0.2, -0.15) is 5.10 Å². The van der Waals surface area contributed by atoms with Crippen LogP contribution < -0.4 is 10.1 Å². The molecule has 0 saturated carbocycles. The van der Waals surface area contributed by atoms with Crippen LogP contribution in [-0.2, 0) is 0 Å². The van der Waals surface area contributed by atoms with E-state index in [2.05, 4.69) is 15.5 Å². The van der Waals surface area contributed by atoms with Gasteiger partial charge >= 0.3 is 0 Å². The van der Waals surface area contributed by atoms with Crippen LogP contribution in [0.2, 0.25) is 0 Å². The number of aromatic nitrogens is 2. The first-order chi connectivity index (χ1) is 9.13. The number of hydrogen-bond donors (Lipinski definition) is 2. The molecule has 5 heteroatoms. The SMILES string of the molecule is COc1cccc(F)c1C(C)NC(C)c1cn[nH]c1. The molecule has 2 aromatic rings. The summed E-state index contributed by atoms with van der Waals surface area (Å²) in [7, 11) is 1.55. The van der Waals surface area contributed by atoms with Crippen molar-refractivity contribution in [3.8, 4) is 5.75 Å². The summed E-state index contributed by atoms with van der Waals surface area (Å²) in [6.07, 6.45) is 3.58. The number of nitrogens with zero attached hydrogens (tertiary/aromatic N) is 1. The van der Waals surface area contributed by atoms with Gasteiger partial charge in [0.15, 0.2) is 0 Å². The van der Waals surface area contributed by atoms with E-state index in [1.165, 1.54) is 6.07 Å². The van der Waals surface area contributed by atoms with E-state index in [4.69, 9.17) is 4.74 Å². The summed E-state index contributed by atoms with van der Waals surface area (Å²) >= 11 is 0. The molecule has 1 aromatic carbocycles. The second-order valence-electron chi connectivity index (χ2n) is 4.50. The molecule has 2 atom stereocenters. The van der Waals surface area contributed by atoms with Gasteiger partial charge in [0.25, 0.3) is 0 Å². The third kappa shape index (κ3) is 2.93. The maximum absolute atomic E-state index is 13.9. The number of methoxy groups -OCH3 is 1. The highest BCUT2D eigenvalue weighted by atomic mass is 19.1. The molecule has 0 radical (unpaired) electrons. The Kier molecular flexibility index (Phi) is 4.16. The van der Waals surface area contributed by atoms with Gasteiger partial charge in [0.1, 0.15) is 11.6 Å². The number of H-pyrrole nitrogens is 1.